The minimum absolute atomic E-state index is 0.257. The van der Waals surface area contributed by atoms with E-state index in [1.165, 1.54) is 6.92 Å². The van der Waals surface area contributed by atoms with Gasteiger partial charge in [-0.15, -0.1) is 0 Å². The fourth-order valence-electron chi connectivity index (χ4n) is 3.05. The predicted octanol–water partition coefficient (Wildman–Crippen LogP) is 2.59. The lowest BCUT2D eigenvalue weighted by Crippen LogP contribution is -2.41. The number of carbonyl (C=O) groups excluding carboxylic acids is 3. The predicted molar refractivity (Wildman–Crippen MR) is 99.4 cm³/mol. The van der Waals surface area contributed by atoms with Gasteiger partial charge in [0.1, 0.15) is 5.52 Å². The molecular weight excluding hydrogens is 362 g/mol. The number of ether oxygens (including phenoxy) is 1. The van der Waals surface area contributed by atoms with Crippen LogP contribution in [-0.2, 0) is 9.53 Å². The molecule has 142 valence electrons. The number of carbonyl (C=O) groups is 3. The Labute approximate surface area is 160 Å². The van der Waals surface area contributed by atoms with E-state index in [4.69, 9.17) is 9.26 Å². The van der Waals surface area contributed by atoms with Crippen LogP contribution >= 0.6 is 0 Å². The highest BCUT2D eigenvalue weighted by Gasteiger charge is 2.31. The van der Waals surface area contributed by atoms with Gasteiger partial charge in [-0.3, -0.25) is 9.69 Å². The number of amides is 3. The molecule has 4 rings (SSSR count). The van der Waals surface area contributed by atoms with Crippen molar-refractivity contribution in [2.45, 2.75) is 13.0 Å². The van der Waals surface area contributed by atoms with Gasteiger partial charge in [0.25, 0.3) is 5.91 Å². The Morgan fingerprint density at radius 3 is 2.71 bits per heavy atom. The second-order valence-corrected chi connectivity index (χ2v) is 6.38. The van der Waals surface area contributed by atoms with E-state index in [-0.39, 0.29) is 12.1 Å². The number of nitrogens with one attached hydrogen (secondary N) is 1. The molecule has 0 aliphatic carbocycles. The average molecular weight is 379 g/mol. The van der Waals surface area contributed by atoms with Crippen LogP contribution < -0.4 is 5.32 Å². The third kappa shape index (κ3) is 3.20. The maximum Gasteiger partial charge on any atom is 0.338 e. The number of hydrogen-bond acceptors (Lipinski definition) is 6. The highest BCUT2D eigenvalue weighted by atomic mass is 16.5. The maximum atomic E-state index is 12.5. The highest BCUT2D eigenvalue weighted by molar-refractivity contribution is 6.01. The first-order valence-electron chi connectivity index (χ1n) is 8.79. The Kier molecular flexibility index (Phi) is 4.52. The van der Waals surface area contributed by atoms with E-state index in [1.54, 1.807) is 18.2 Å². The molecule has 0 radical (unpaired) electrons. The van der Waals surface area contributed by atoms with Crippen molar-refractivity contribution < 1.29 is 23.6 Å². The van der Waals surface area contributed by atoms with Crippen LogP contribution in [0.4, 0.5) is 4.79 Å². The molecule has 0 bridgehead atoms. The minimum atomic E-state index is -1.08. The lowest BCUT2D eigenvalue weighted by Gasteiger charge is -2.18. The summed E-state index contributed by atoms with van der Waals surface area (Å²) in [4.78, 5) is 37.5. The second kappa shape index (κ2) is 7.15. The van der Waals surface area contributed by atoms with Gasteiger partial charge in [-0.25, -0.2) is 9.59 Å². The van der Waals surface area contributed by atoms with Crippen LogP contribution in [0, 0.1) is 0 Å². The fourth-order valence-corrected chi connectivity index (χ4v) is 3.05. The third-order valence-electron chi connectivity index (χ3n) is 4.50. The van der Waals surface area contributed by atoms with E-state index in [9.17, 15) is 14.4 Å². The van der Waals surface area contributed by atoms with E-state index in [0.29, 0.717) is 23.2 Å². The number of benzene rings is 2. The Morgan fingerprint density at radius 1 is 1.21 bits per heavy atom. The Balaban J connectivity index is 1.56. The van der Waals surface area contributed by atoms with Crippen molar-refractivity contribution >= 4 is 28.8 Å². The standard InChI is InChI=1S/C20H17N3O5/c1-12(18(24)23-10-9-21-20(23)26)27-19(25)14-7-8-16-15(11-14)17(28-22-16)13-5-3-2-4-6-13/h2-8,11-12H,9-10H2,1H3,(H,21,26). The van der Waals surface area contributed by atoms with E-state index in [2.05, 4.69) is 10.5 Å². The quantitative estimate of drug-likeness (QED) is 0.699. The zero-order valence-corrected chi connectivity index (χ0v) is 15.0. The molecule has 1 unspecified atom stereocenters. The summed E-state index contributed by atoms with van der Waals surface area (Å²) in [6.07, 6.45) is -1.08. The van der Waals surface area contributed by atoms with Crippen LogP contribution in [0.5, 0.6) is 0 Å². The Bertz CT molecular complexity index is 1060. The zero-order chi connectivity index (χ0) is 19.7. The van der Waals surface area contributed by atoms with Gasteiger partial charge in [-0.2, -0.15) is 0 Å². The molecule has 8 heteroatoms. The van der Waals surface area contributed by atoms with Crippen LogP contribution in [0.1, 0.15) is 17.3 Å². The van der Waals surface area contributed by atoms with Crippen LogP contribution in [0.25, 0.3) is 22.2 Å². The highest BCUT2D eigenvalue weighted by Crippen LogP contribution is 2.29. The summed E-state index contributed by atoms with van der Waals surface area (Å²) in [6, 6.07) is 13.8. The van der Waals surface area contributed by atoms with Gasteiger partial charge in [0.05, 0.1) is 10.9 Å². The van der Waals surface area contributed by atoms with E-state index in [0.717, 1.165) is 10.5 Å². The van der Waals surface area contributed by atoms with Gasteiger partial charge in [-0.1, -0.05) is 35.5 Å². The summed E-state index contributed by atoms with van der Waals surface area (Å²) in [6.45, 7) is 2.09. The second-order valence-electron chi connectivity index (χ2n) is 6.38. The summed E-state index contributed by atoms with van der Waals surface area (Å²) in [5.41, 5.74) is 1.70. The largest absolute Gasteiger partial charge is 0.449 e. The van der Waals surface area contributed by atoms with Crippen LogP contribution in [0.15, 0.2) is 53.1 Å². The van der Waals surface area contributed by atoms with Gasteiger partial charge in [0.2, 0.25) is 0 Å². The normalized spacial score (nSPS) is 14.8. The van der Waals surface area contributed by atoms with Gasteiger partial charge in [0.15, 0.2) is 11.9 Å². The first-order chi connectivity index (χ1) is 13.5. The summed E-state index contributed by atoms with van der Waals surface area (Å²) >= 11 is 0. The summed E-state index contributed by atoms with van der Waals surface area (Å²) in [5, 5.41) is 7.22. The molecule has 1 aliphatic rings. The molecule has 8 nitrogen and oxygen atoms in total. The molecule has 1 saturated heterocycles. The molecular formula is C20H17N3O5. The van der Waals surface area contributed by atoms with Crippen LogP contribution in [0.3, 0.4) is 0 Å². The molecule has 1 N–H and O–H groups in total. The number of hydrogen-bond donors (Lipinski definition) is 1. The molecule has 3 aromatic rings. The minimum Gasteiger partial charge on any atom is -0.449 e. The molecule has 0 saturated carbocycles. The van der Waals surface area contributed by atoms with Crippen molar-refractivity contribution in [2.75, 3.05) is 13.1 Å². The van der Waals surface area contributed by atoms with Gasteiger partial charge in [0, 0.05) is 18.7 Å². The number of esters is 1. The SMILES string of the molecule is CC(OC(=O)c1ccc2noc(-c3ccccc3)c2c1)C(=O)N1CCNC1=O. The van der Waals surface area contributed by atoms with Crippen molar-refractivity contribution in [1.29, 1.82) is 0 Å². The number of aromatic nitrogens is 1. The summed E-state index contributed by atoms with van der Waals surface area (Å²) in [7, 11) is 0. The van der Waals surface area contributed by atoms with E-state index >= 15 is 0 Å². The van der Waals surface area contributed by atoms with Crippen molar-refractivity contribution in [3.05, 3.63) is 54.1 Å². The van der Waals surface area contributed by atoms with E-state index in [1.807, 2.05) is 30.3 Å². The number of urea groups is 1. The number of rotatable bonds is 4. The molecule has 3 amide bonds. The third-order valence-corrected chi connectivity index (χ3v) is 4.50. The maximum absolute atomic E-state index is 12.5. The van der Waals surface area contributed by atoms with Crippen LogP contribution in [-0.4, -0.2) is 47.2 Å². The zero-order valence-electron chi connectivity index (χ0n) is 15.0. The topological polar surface area (TPSA) is 102 Å². The average Bonchev–Trinajstić information content (AvgIpc) is 3.33. The van der Waals surface area contributed by atoms with Gasteiger partial charge < -0.3 is 14.6 Å². The summed E-state index contributed by atoms with van der Waals surface area (Å²) in [5.74, 6) is -0.676. The molecule has 1 atom stereocenters. The lowest BCUT2D eigenvalue weighted by molar-refractivity contribution is -0.136. The number of fused-ring (bicyclic) bond motifs is 1. The molecule has 28 heavy (non-hydrogen) atoms. The van der Waals surface area contributed by atoms with Crippen molar-refractivity contribution in [3.63, 3.8) is 0 Å². The molecule has 1 fully saturated rings. The molecule has 1 aromatic heterocycles. The first kappa shape index (κ1) is 17.7. The molecule has 1 aliphatic heterocycles. The van der Waals surface area contributed by atoms with E-state index < -0.39 is 24.0 Å². The monoisotopic (exact) mass is 379 g/mol. The number of imide groups is 1. The Morgan fingerprint density at radius 2 is 2.00 bits per heavy atom. The van der Waals surface area contributed by atoms with Crippen molar-refractivity contribution in [3.8, 4) is 11.3 Å². The number of nitrogens with zero attached hydrogens (tertiary/aromatic N) is 2. The van der Waals surface area contributed by atoms with Gasteiger partial charge in [-0.05, 0) is 25.1 Å². The first-order valence-corrected chi connectivity index (χ1v) is 8.79. The van der Waals surface area contributed by atoms with Crippen molar-refractivity contribution in [2.24, 2.45) is 0 Å². The fraction of sp³-hybridized carbons (Fsp3) is 0.200. The smallest absolute Gasteiger partial charge is 0.338 e. The van der Waals surface area contributed by atoms with Crippen molar-refractivity contribution in [1.82, 2.24) is 15.4 Å². The van der Waals surface area contributed by atoms with Gasteiger partial charge >= 0.3 is 12.0 Å². The molecule has 2 heterocycles. The summed E-state index contributed by atoms with van der Waals surface area (Å²) < 4.78 is 10.7. The molecule has 2 aromatic carbocycles. The Hall–Kier alpha value is -3.68. The lowest BCUT2D eigenvalue weighted by atomic mass is 10.1. The van der Waals surface area contributed by atoms with Crippen LogP contribution in [0.2, 0.25) is 0 Å². The molecule has 0 spiro atoms.